The van der Waals surface area contributed by atoms with Gasteiger partial charge in [0.2, 0.25) is 0 Å². The third-order valence-corrected chi connectivity index (χ3v) is 3.60. The van der Waals surface area contributed by atoms with Gasteiger partial charge in [0.15, 0.2) is 5.69 Å². The lowest BCUT2D eigenvalue weighted by Gasteiger charge is -2.03. The number of rotatable bonds is 4. The molecule has 1 N–H and O–H groups in total. The van der Waals surface area contributed by atoms with Gasteiger partial charge in [-0.2, -0.15) is 0 Å². The molecule has 0 saturated carbocycles. The van der Waals surface area contributed by atoms with Gasteiger partial charge < -0.3 is 5.11 Å². The highest BCUT2D eigenvalue weighted by molar-refractivity contribution is 7.11. The fourth-order valence-corrected chi connectivity index (χ4v) is 2.46. The lowest BCUT2D eigenvalue weighted by atomic mass is 10.3. The van der Waals surface area contributed by atoms with Crippen molar-refractivity contribution in [3.05, 3.63) is 27.0 Å². The fraction of sp³-hybridized carbons (Fsp3) is 0.400. The van der Waals surface area contributed by atoms with Gasteiger partial charge >= 0.3 is 5.97 Å². The Hall–Kier alpha value is -1.90. The minimum atomic E-state index is -2.96. The SMILES string of the molecule is Cc1nc(Cn2nnc(C(=O)O)c2C(F)F)sc1C. The molecular formula is C10H10F2N4O2S. The van der Waals surface area contributed by atoms with Gasteiger partial charge in [-0.3, -0.25) is 0 Å². The van der Waals surface area contributed by atoms with Crippen molar-refractivity contribution < 1.29 is 18.7 Å². The molecule has 0 bridgehead atoms. The standard InChI is InChI=1S/C10H10F2N4O2S/c1-4-5(2)19-6(13-4)3-16-8(9(11)12)7(10(17)18)14-15-16/h9H,3H2,1-2H3,(H,17,18). The molecule has 0 aromatic carbocycles. The maximum atomic E-state index is 12.9. The Kier molecular flexibility index (Phi) is 3.56. The predicted molar refractivity (Wildman–Crippen MR) is 62.6 cm³/mol. The van der Waals surface area contributed by atoms with Gasteiger partial charge in [-0.1, -0.05) is 5.21 Å². The van der Waals surface area contributed by atoms with Gasteiger partial charge in [0, 0.05) is 4.88 Å². The molecule has 0 saturated heterocycles. The second-order valence-corrected chi connectivity index (χ2v) is 5.12. The van der Waals surface area contributed by atoms with Crippen molar-refractivity contribution in [2.75, 3.05) is 0 Å². The van der Waals surface area contributed by atoms with E-state index in [1.54, 1.807) is 0 Å². The van der Waals surface area contributed by atoms with Crippen LogP contribution in [-0.2, 0) is 6.54 Å². The van der Waals surface area contributed by atoms with E-state index >= 15 is 0 Å². The fourth-order valence-electron chi connectivity index (χ4n) is 1.54. The second kappa shape index (κ2) is 5.00. The summed E-state index contributed by atoms with van der Waals surface area (Å²) in [6.45, 7) is 3.67. The lowest BCUT2D eigenvalue weighted by Crippen LogP contribution is -2.09. The van der Waals surface area contributed by atoms with E-state index in [-0.39, 0.29) is 6.54 Å². The molecule has 0 aliphatic rings. The van der Waals surface area contributed by atoms with E-state index in [1.807, 2.05) is 13.8 Å². The zero-order valence-corrected chi connectivity index (χ0v) is 10.9. The van der Waals surface area contributed by atoms with Crippen LogP contribution in [0.3, 0.4) is 0 Å². The number of carbonyl (C=O) groups is 1. The van der Waals surface area contributed by atoms with Gasteiger partial charge in [-0.25, -0.2) is 23.2 Å². The lowest BCUT2D eigenvalue weighted by molar-refractivity contribution is 0.0675. The summed E-state index contributed by atoms with van der Waals surface area (Å²) >= 11 is 1.36. The average molecular weight is 288 g/mol. The first kappa shape index (κ1) is 13.5. The third-order valence-electron chi connectivity index (χ3n) is 2.54. The number of hydrogen-bond donors (Lipinski definition) is 1. The zero-order chi connectivity index (χ0) is 14.2. The summed E-state index contributed by atoms with van der Waals surface area (Å²) in [5.74, 6) is -1.52. The number of carboxylic acid groups (broad SMARTS) is 1. The van der Waals surface area contributed by atoms with Gasteiger partial charge in [0.25, 0.3) is 6.43 Å². The highest BCUT2D eigenvalue weighted by Gasteiger charge is 2.26. The number of aromatic carboxylic acids is 1. The Morgan fingerprint density at radius 1 is 1.47 bits per heavy atom. The van der Waals surface area contributed by atoms with E-state index in [0.717, 1.165) is 15.3 Å². The quantitative estimate of drug-likeness (QED) is 0.931. The molecule has 0 spiro atoms. The van der Waals surface area contributed by atoms with Crippen LogP contribution in [-0.4, -0.2) is 31.1 Å². The van der Waals surface area contributed by atoms with E-state index in [0.29, 0.717) is 5.01 Å². The van der Waals surface area contributed by atoms with Gasteiger partial charge in [-0.15, -0.1) is 16.4 Å². The molecule has 0 aliphatic heterocycles. The normalized spacial score (nSPS) is 11.2. The number of hydrogen-bond acceptors (Lipinski definition) is 5. The molecule has 2 rings (SSSR count). The van der Waals surface area contributed by atoms with Crippen LogP contribution in [0.4, 0.5) is 8.78 Å². The second-order valence-electron chi connectivity index (χ2n) is 3.84. The number of halogens is 2. The summed E-state index contributed by atoms with van der Waals surface area (Å²) in [5.41, 5.74) is -0.602. The van der Waals surface area contributed by atoms with Gasteiger partial charge in [0.05, 0.1) is 12.2 Å². The van der Waals surface area contributed by atoms with Crippen molar-refractivity contribution in [1.82, 2.24) is 20.0 Å². The first-order valence-electron chi connectivity index (χ1n) is 5.28. The van der Waals surface area contributed by atoms with Crippen LogP contribution in [0.5, 0.6) is 0 Å². The zero-order valence-electron chi connectivity index (χ0n) is 10.1. The maximum Gasteiger partial charge on any atom is 0.358 e. The molecule has 0 fully saturated rings. The monoisotopic (exact) mass is 288 g/mol. The molecule has 0 atom stereocenters. The number of aryl methyl sites for hydroxylation is 2. The smallest absolute Gasteiger partial charge is 0.358 e. The van der Waals surface area contributed by atoms with E-state index < -0.39 is 23.8 Å². The van der Waals surface area contributed by atoms with Crippen molar-refractivity contribution in [2.45, 2.75) is 26.8 Å². The van der Waals surface area contributed by atoms with Crippen LogP contribution >= 0.6 is 11.3 Å². The first-order valence-corrected chi connectivity index (χ1v) is 6.09. The Morgan fingerprint density at radius 2 is 2.16 bits per heavy atom. The summed E-state index contributed by atoms with van der Waals surface area (Å²) in [6.07, 6.45) is -2.96. The van der Waals surface area contributed by atoms with E-state index in [4.69, 9.17) is 5.11 Å². The van der Waals surface area contributed by atoms with E-state index in [9.17, 15) is 13.6 Å². The minimum Gasteiger partial charge on any atom is -0.476 e. The predicted octanol–water partition coefficient (Wildman–Crippen LogP) is 2.04. The van der Waals surface area contributed by atoms with Crippen molar-refractivity contribution in [2.24, 2.45) is 0 Å². The number of nitrogens with zero attached hydrogens (tertiary/aromatic N) is 4. The number of thiazole rings is 1. The maximum absolute atomic E-state index is 12.9. The molecule has 9 heteroatoms. The summed E-state index contributed by atoms with van der Waals surface area (Å²) in [5, 5.41) is 16.1. The Labute approximate surface area is 110 Å². The topological polar surface area (TPSA) is 80.9 Å². The molecule has 2 heterocycles. The molecule has 2 aromatic heterocycles. The van der Waals surface area contributed by atoms with E-state index in [1.165, 1.54) is 11.3 Å². The molecule has 19 heavy (non-hydrogen) atoms. The molecule has 0 aliphatic carbocycles. The van der Waals surface area contributed by atoms with Crippen LogP contribution < -0.4 is 0 Å². The van der Waals surface area contributed by atoms with Crippen molar-refractivity contribution >= 4 is 17.3 Å². The van der Waals surface area contributed by atoms with Crippen LogP contribution in [0.2, 0.25) is 0 Å². The number of alkyl halides is 2. The van der Waals surface area contributed by atoms with Gasteiger partial charge in [-0.05, 0) is 13.8 Å². The Balaban J connectivity index is 2.37. The highest BCUT2D eigenvalue weighted by Crippen LogP contribution is 2.24. The molecule has 6 nitrogen and oxygen atoms in total. The van der Waals surface area contributed by atoms with Crippen molar-refractivity contribution in [3.63, 3.8) is 0 Å². The molecule has 102 valence electrons. The molecular weight excluding hydrogens is 278 g/mol. The minimum absolute atomic E-state index is 0.0146. The molecule has 0 unspecified atom stereocenters. The molecule has 0 amide bonds. The van der Waals surface area contributed by atoms with Crippen LogP contribution in [0.15, 0.2) is 0 Å². The van der Waals surface area contributed by atoms with E-state index in [2.05, 4.69) is 15.3 Å². The first-order chi connectivity index (χ1) is 8.90. The summed E-state index contributed by atoms with van der Waals surface area (Å²) in [6, 6.07) is 0. The number of carboxylic acids is 1. The summed E-state index contributed by atoms with van der Waals surface area (Å²) in [4.78, 5) is 16.0. The Morgan fingerprint density at radius 3 is 2.63 bits per heavy atom. The molecule has 0 radical (unpaired) electrons. The molecule has 2 aromatic rings. The number of aromatic nitrogens is 4. The third kappa shape index (κ3) is 2.60. The Bertz CT molecular complexity index is 604. The highest BCUT2D eigenvalue weighted by atomic mass is 32.1. The van der Waals surface area contributed by atoms with Crippen LogP contribution in [0.25, 0.3) is 0 Å². The largest absolute Gasteiger partial charge is 0.476 e. The summed E-state index contributed by atoms with van der Waals surface area (Å²) in [7, 11) is 0. The van der Waals surface area contributed by atoms with Crippen LogP contribution in [0, 0.1) is 13.8 Å². The summed E-state index contributed by atoms with van der Waals surface area (Å²) < 4.78 is 26.7. The van der Waals surface area contributed by atoms with Crippen LogP contribution in [0.1, 0.15) is 38.2 Å². The van der Waals surface area contributed by atoms with Crippen molar-refractivity contribution in [3.8, 4) is 0 Å². The van der Waals surface area contributed by atoms with Gasteiger partial charge in [0.1, 0.15) is 10.7 Å². The average Bonchev–Trinajstić information content (AvgIpc) is 2.84. The van der Waals surface area contributed by atoms with Crippen molar-refractivity contribution in [1.29, 1.82) is 0 Å².